The van der Waals surface area contributed by atoms with Crippen molar-refractivity contribution in [1.29, 1.82) is 0 Å². The molecule has 0 aromatic carbocycles. The lowest BCUT2D eigenvalue weighted by Crippen LogP contribution is -1.80. The molecule has 0 unspecified atom stereocenters. The Labute approximate surface area is 65.6 Å². The van der Waals surface area contributed by atoms with Crippen molar-refractivity contribution >= 4 is 16.3 Å². The van der Waals surface area contributed by atoms with Crippen LogP contribution in [0.3, 0.4) is 0 Å². The molecule has 0 aliphatic rings. The van der Waals surface area contributed by atoms with Crippen molar-refractivity contribution in [3.05, 3.63) is 0 Å². The van der Waals surface area contributed by atoms with E-state index in [2.05, 4.69) is 18.7 Å². The van der Waals surface area contributed by atoms with Crippen molar-refractivity contribution in [2.75, 3.05) is 6.61 Å². The minimum Gasteiger partial charge on any atom is -0.252 e. The maximum absolute atomic E-state index is 7.38. The minimum absolute atomic E-state index is 0.375. The van der Waals surface area contributed by atoms with Gasteiger partial charge < -0.3 is 0 Å². The normalized spacial score (nSPS) is 8.56. The molecule has 0 saturated carbocycles. The van der Waals surface area contributed by atoms with Gasteiger partial charge in [-0.3, -0.25) is 5.26 Å². The first kappa shape index (κ1) is 12.2. The molecular weight excluding hydrogens is 131 g/mol. The predicted octanol–water partition coefficient (Wildman–Crippen LogP) is 1.19. The minimum atomic E-state index is 0.375. The van der Waals surface area contributed by atoms with Crippen LogP contribution in [0.25, 0.3) is 0 Å². The van der Waals surface area contributed by atoms with Gasteiger partial charge in [-0.05, 0) is 6.92 Å². The van der Waals surface area contributed by atoms with Crippen LogP contribution >= 0.6 is 0 Å². The number of hydrogen-bond donors (Lipinski definition) is 1. The third-order valence-corrected chi connectivity index (χ3v) is 2.58. The molecule has 0 spiro atoms. The summed E-state index contributed by atoms with van der Waals surface area (Å²) in [5, 5.41) is 8.82. The van der Waals surface area contributed by atoms with E-state index in [0.717, 1.165) is 5.92 Å². The van der Waals surface area contributed by atoms with Gasteiger partial charge in [0.1, 0.15) is 0 Å². The van der Waals surface area contributed by atoms with Gasteiger partial charge in [0.15, 0.2) is 0 Å². The van der Waals surface area contributed by atoms with Crippen LogP contribution in [0.4, 0.5) is 0 Å². The van der Waals surface area contributed by atoms with E-state index in [4.69, 9.17) is 5.26 Å². The van der Waals surface area contributed by atoms with Crippen LogP contribution in [-0.4, -0.2) is 28.2 Å². The molecule has 1 N–H and O–H groups in total. The molecule has 0 aromatic heterocycles. The van der Waals surface area contributed by atoms with E-state index in [1.165, 1.54) is 21.6 Å². The summed E-state index contributed by atoms with van der Waals surface area (Å²) in [5.41, 5.74) is 0. The molecule has 0 atom stereocenters. The Bertz CT molecular complexity index is 38.0. The second kappa shape index (κ2) is 11.3. The van der Waals surface area contributed by atoms with Gasteiger partial charge in [0.25, 0.3) is 0 Å². The molecule has 2 nitrogen and oxygen atoms in total. The Morgan fingerprint density at radius 3 is 1.78 bits per heavy atom. The predicted molar refractivity (Wildman–Crippen MR) is 42.4 cm³/mol. The number of hydrogen-bond acceptors (Lipinski definition) is 2. The first-order valence-corrected chi connectivity index (χ1v) is 4.86. The Morgan fingerprint density at radius 1 is 1.56 bits per heavy atom. The monoisotopic (exact) mass is 148 g/mol. The van der Waals surface area contributed by atoms with Crippen LogP contribution in [0.1, 0.15) is 20.8 Å². The molecule has 0 aliphatic carbocycles. The summed E-state index contributed by atoms with van der Waals surface area (Å²) in [6.45, 7) is 6.60. The van der Waals surface area contributed by atoms with Gasteiger partial charge in [-0.2, -0.15) is 0 Å². The second-order valence-electron chi connectivity index (χ2n) is 2.22. The fourth-order valence-electron chi connectivity index (χ4n) is 0. The van der Waals surface area contributed by atoms with Crippen molar-refractivity contribution in [3.8, 4) is 0 Å². The zero-order valence-corrected chi connectivity index (χ0v) is 8.85. The standard InChI is InChI=1S/C4H9.C2H6O2.Al.2H/c1-4(2)3;1-2-4-3;;;/h4H,1H2,2-3H3;3H,2H2,1H3;;;. The molecular formula is C6H17AlO2. The van der Waals surface area contributed by atoms with Crippen LogP contribution in [0, 0.1) is 5.92 Å². The topological polar surface area (TPSA) is 29.5 Å². The summed E-state index contributed by atoms with van der Waals surface area (Å²) in [4.78, 5) is 3.54. The van der Waals surface area contributed by atoms with Crippen LogP contribution in [0.5, 0.6) is 0 Å². The summed E-state index contributed by atoms with van der Waals surface area (Å²) in [5.74, 6) is 0.946. The highest BCUT2D eigenvalue weighted by Gasteiger charge is 1.80. The maximum Gasteiger partial charge on any atom is 0.212 e. The van der Waals surface area contributed by atoms with Crippen LogP contribution in [0.15, 0.2) is 0 Å². The SMILES string of the molecule is CC(C)[CH2][AlH2].CCOO. The maximum atomic E-state index is 7.38. The molecule has 0 aromatic rings. The van der Waals surface area contributed by atoms with Crippen LogP contribution < -0.4 is 0 Å². The van der Waals surface area contributed by atoms with E-state index >= 15 is 0 Å². The van der Waals surface area contributed by atoms with Crippen molar-refractivity contribution in [1.82, 2.24) is 0 Å². The summed E-state index contributed by atoms with van der Waals surface area (Å²) < 4.78 is 0. The van der Waals surface area contributed by atoms with Crippen molar-refractivity contribution in [3.63, 3.8) is 0 Å². The average molecular weight is 148 g/mol. The zero-order valence-electron chi connectivity index (χ0n) is 6.85. The van der Waals surface area contributed by atoms with E-state index in [1.807, 2.05) is 0 Å². The quantitative estimate of drug-likeness (QED) is 0.362. The summed E-state index contributed by atoms with van der Waals surface area (Å²) in [6, 6.07) is 0. The van der Waals surface area contributed by atoms with Crippen molar-refractivity contribution in [2.24, 2.45) is 5.92 Å². The molecule has 0 bridgehead atoms. The van der Waals surface area contributed by atoms with Gasteiger partial charge >= 0.3 is 0 Å². The van der Waals surface area contributed by atoms with Gasteiger partial charge in [0.05, 0.1) is 6.61 Å². The highest BCUT2D eigenvalue weighted by Crippen LogP contribution is 1.92. The smallest absolute Gasteiger partial charge is 0.212 e. The molecule has 0 radical (unpaired) electrons. The Hall–Kier alpha value is 0.452. The second-order valence-corrected chi connectivity index (χ2v) is 3.04. The average Bonchev–Trinajstić information content (AvgIpc) is 1.89. The van der Waals surface area contributed by atoms with E-state index in [0.29, 0.717) is 6.61 Å². The summed E-state index contributed by atoms with van der Waals surface area (Å²) in [7, 11) is 0. The highest BCUT2D eigenvalue weighted by atomic mass is 27.0. The van der Waals surface area contributed by atoms with Crippen molar-refractivity contribution in [2.45, 2.75) is 26.1 Å². The molecule has 56 valence electrons. The van der Waals surface area contributed by atoms with E-state index in [1.54, 1.807) is 6.92 Å². The highest BCUT2D eigenvalue weighted by molar-refractivity contribution is 6.08. The third kappa shape index (κ3) is 29.5. The van der Waals surface area contributed by atoms with Crippen molar-refractivity contribution < 1.29 is 10.1 Å². The van der Waals surface area contributed by atoms with E-state index in [-0.39, 0.29) is 0 Å². The Balaban J connectivity index is 0. The fraction of sp³-hybridized carbons (Fsp3) is 1.00. The lowest BCUT2D eigenvalue weighted by Gasteiger charge is -1.90. The molecule has 0 saturated heterocycles. The molecule has 0 rings (SSSR count). The van der Waals surface area contributed by atoms with E-state index in [9.17, 15) is 0 Å². The zero-order chi connectivity index (χ0) is 7.70. The van der Waals surface area contributed by atoms with Gasteiger partial charge in [-0.25, -0.2) is 4.89 Å². The first-order chi connectivity index (χ1) is 4.18. The number of rotatable bonds is 2. The van der Waals surface area contributed by atoms with Crippen LogP contribution in [-0.2, 0) is 4.89 Å². The third-order valence-electron chi connectivity index (χ3n) is 0.946. The molecule has 0 amide bonds. The largest absolute Gasteiger partial charge is 0.252 e. The molecule has 0 aliphatic heterocycles. The summed E-state index contributed by atoms with van der Waals surface area (Å²) >= 11 is 1.37. The van der Waals surface area contributed by atoms with Gasteiger partial charge in [0.2, 0.25) is 16.3 Å². The van der Waals surface area contributed by atoms with E-state index < -0.39 is 0 Å². The van der Waals surface area contributed by atoms with Gasteiger partial charge in [-0.15, -0.1) is 0 Å². The van der Waals surface area contributed by atoms with Gasteiger partial charge in [0, 0.05) is 0 Å². The van der Waals surface area contributed by atoms with Gasteiger partial charge in [-0.1, -0.05) is 25.0 Å². The molecule has 3 heteroatoms. The molecule has 9 heavy (non-hydrogen) atoms. The van der Waals surface area contributed by atoms with Crippen LogP contribution in [0.2, 0.25) is 5.28 Å². The Morgan fingerprint density at radius 2 is 1.78 bits per heavy atom. The Kier molecular flexibility index (Phi) is 15.2. The lowest BCUT2D eigenvalue weighted by molar-refractivity contribution is -0.237. The summed E-state index contributed by atoms with van der Waals surface area (Å²) in [6.07, 6.45) is 0. The first-order valence-electron chi connectivity index (χ1n) is 3.45. The molecule has 0 fully saturated rings. The fourth-order valence-corrected chi connectivity index (χ4v) is 0. The molecule has 0 heterocycles. The lowest BCUT2D eigenvalue weighted by atomic mass is 10.3.